The molecule has 0 saturated heterocycles. The zero-order chi connectivity index (χ0) is 14.8. The number of ether oxygens (including phenoxy) is 2. The first kappa shape index (κ1) is 17.0. The van der Waals surface area contributed by atoms with Gasteiger partial charge in [0.2, 0.25) is 0 Å². The monoisotopic (exact) mass is 280 g/mol. The van der Waals surface area contributed by atoms with Gasteiger partial charge >= 0.3 is 0 Å². The summed E-state index contributed by atoms with van der Waals surface area (Å²) in [6, 6.07) is 6.38. The highest BCUT2D eigenvalue weighted by Crippen LogP contribution is 2.22. The molecule has 3 N–H and O–H groups in total. The summed E-state index contributed by atoms with van der Waals surface area (Å²) in [6.07, 6.45) is 0. The minimum Gasteiger partial charge on any atom is -0.491 e. The summed E-state index contributed by atoms with van der Waals surface area (Å²) in [4.78, 5) is 0. The molecule has 4 heteroatoms. The highest BCUT2D eigenvalue weighted by molar-refractivity contribution is 5.35. The van der Waals surface area contributed by atoms with Crippen LogP contribution >= 0.6 is 0 Å². The predicted octanol–water partition coefficient (Wildman–Crippen LogP) is 2.06. The maximum Gasteiger partial charge on any atom is 0.119 e. The summed E-state index contributed by atoms with van der Waals surface area (Å²) >= 11 is 0. The topological polar surface area (TPSA) is 56.5 Å². The van der Waals surface area contributed by atoms with Crippen molar-refractivity contribution in [1.82, 2.24) is 5.32 Å². The molecule has 114 valence electrons. The fourth-order valence-corrected chi connectivity index (χ4v) is 1.89. The molecule has 0 aliphatic rings. The van der Waals surface area contributed by atoms with Crippen LogP contribution in [0.25, 0.3) is 0 Å². The Morgan fingerprint density at radius 3 is 2.60 bits per heavy atom. The number of hydrogen-bond acceptors (Lipinski definition) is 4. The number of rotatable bonds is 10. The Morgan fingerprint density at radius 2 is 1.90 bits per heavy atom. The van der Waals surface area contributed by atoms with Crippen LogP contribution < -0.4 is 15.8 Å². The van der Waals surface area contributed by atoms with Gasteiger partial charge in [0.15, 0.2) is 0 Å². The van der Waals surface area contributed by atoms with Gasteiger partial charge in [-0.05, 0) is 36.1 Å². The van der Waals surface area contributed by atoms with Gasteiger partial charge in [-0.15, -0.1) is 0 Å². The Balaban J connectivity index is 2.21. The van der Waals surface area contributed by atoms with Crippen molar-refractivity contribution in [2.45, 2.75) is 26.7 Å². The number of nitrogens with one attached hydrogen (secondary N) is 1. The van der Waals surface area contributed by atoms with E-state index in [0.29, 0.717) is 32.3 Å². The Bertz CT molecular complexity index is 381. The van der Waals surface area contributed by atoms with E-state index in [1.54, 1.807) is 0 Å². The second-order valence-electron chi connectivity index (χ2n) is 5.23. The maximum atomic E-state index is 5.74. The predicted molar refractivity (Wildman–Crippen MR) is 83.5 cm³/mol. The average Bonchev–Trinajstić information content (AvgIpc) is 2.41. The van der Waals surface area contributed by atoms with E-state index in [-0.39, 0.29) is 0 Å². The van der Waals surface area contributed by atoms with Crippen molar-refractivity contribution in [2.75, 3.05) is 39.5 Å². The molecular weight excluding hydrogens is 252 g/mol. The first-order valence-corrected chi connectivity index (χ1v) is 7.36. The highest BCUT2D eigenvalue weighted by atomic mass is 16.5. The van der Waals surface area contributed by atoms with Crippen LogP contribution in [0.2, 0.25) is 0 Å². The van der Waals surface area contributed by atoms with E-state index >= 15 is 0 Å². The van der Waals surface area contributed by atoms with Gasteiger partial charge in [-0.3, -0.25) is 0 Å². The molecule has 0 aromatic heterocycles. The largest absolute Gasteiger partial charge is 0.491 e. The number of benzene rings is 1. The molecule has 0 spiro atoms. The zero-order valence-corrected chi connectivity index (χ0v) is 12.9. The lowest BCUT2D eigenvalue weighted by Crippen LogP contribution is -2.26. The third kappa shape index (κ3) is 6.89. The lowest BCUT2D eigenvalue weighted by Gasteiger charge is -2.12. The van der Waals surface area contributed by atoms with Crippen molar-refractivity contribution in [3.05, 3.63) is 29.3 Å². The van der Waals surface area contributed by atoms with E-state index in [2.05, 4.69) is 44.3 Å². The van der Waals surface area contributed by atoms with E-state index in [4.69, 9.17) is 15.2 Å². The first-order chi connectivity index (χ1) is 9.63. The third-order valence-electron chi connectivity index (χ3n) is 2.98. The van der Waals surface area contributed by atoms with Crippen LogP contribution in [0, 0.1) is 6.92 Å². The molecule has 0 radical (unpaired) electrons. The Morgan fingerprint density at radius 1 is 1.10 bits per heavy atom. The lowest BCUT2D eigenvalue weighted by atomic mass is 10.0. The standard InChI is InChI=1S/C16H28N2O2/c1-13(2)15-10-14(3)11-16(12-15)20-9-8-19-7-6-18-5-4-17/h10-13,18H,4-9,17H2,1-3H3. The fourth-order valence-electron chi connectivity index (χ4n) is 1.89. The van der Waals surface area contributed by atoms with Gasteiger partial charge in [0.05, 0.1) is 13.2 Å². The average molecular weight is 280 g/mol. The molecule has 0 atom stereocenters. The number of nitrogens with two attached hydrogens (primary N) is 1. The SMILES string of the molecule is Cc1cc(OCCOCCNCCN)cc(C(C)C)c1. The van der Waals surface area contributed by atoms with Crippen molar-refractivity contribution in [1.29, 1.82) is 0 Å². The molecule has 0 saturated carbocycles. The first-order valence-electron chi connectivity index (χ1n) is 7.36. The van der Waals surface area contributed by atoms with E-state index in [1.807, 2.05) is 0 Å². The van der Waals surface area contributed by atoms with Gasteiger partial charge in [-0.25, -0.2) is 0 Å². The van der Waals surface area contributed by atoms with Crippen LogP contribution in [0.5, 0.6) is 5.75 Å². The van der Waals surface area contributed by atoms with Crippen LogP contribution in [0.3, 0.4) is 0 Å². The van der Waals surface area contributed by atoms with Crippen LogP contribution in [0.4, 0.5) is 0 Å². The smallest absolute Gasteiger partial charge is 0.119 e. The fraction of sp³-hybridized carbons (Fsp3) is 0.625. The van der Waals surface area contributed by atoms with Crippen molar-refractivity contribution in [3.8, 4) is 5.75 Å². The Labute approximate surface area is 122 Å². The zero-order valence-electron chi connectivity index (χ0n) is 12.9. The maximum absolute atomic E-state index is 5.74. The number of aryl methyl sites for hydroxylation is 1. The normalized spacial score (nSPS) is 11.1. The van der Waals surface area contributed by atoms with Gasteiger partial charge in [0, 0.05) is 19.6 Å². The Kier molecular flexibility index (Phi) is 8.26. The molecule has 0 aliphatic carbocycles. The minimum absolute atomic E-state index is 0.516. The molecule has 0 fully saturated rings. The summed E-state index contributed by atoms with van der Waals surface area (Å²) in [7, 11) is 0. The summed E-state index contributed by atoms with van der Waals surface area (Å²) in [5.41, 5.74) is 7.92. The van der Waals surface area contributed by atoms with Crippen LogP contribution in [0.1, 0.15) is 30.9 Å². The van der Waals surface area contributed by atoms with Gasteiger partial charge in [-0.2, -0.15) is 0 Å². The molecule has 1 aromatic rings. The molecule has 20 heavy (non-hydrogen) atoms. The van der Waals surface area contributed by atoms with Crippen LogP contribution in [-0.4, -0.2) is 39.5 Å². The summed E-state index contributed by atoms with van der Waals surface area (Å²) in [6.45, 7) is 10.7. The Hall–Kier alpha value is -1.10. The molecule has 4 nitrogen and oxygen atoms in total. The minimum atomic E-state index is 0.516. The summed E-state index contributed by atoms with van der Waals surface area (Å²) < 4.78 is 11.2. The molecule has 0 bridgehead atoms. The van der Waals surface area contributed by atoms with Crippen molar-refractivity contribution < 1.29 is 9.47 Å². The molecule has 0 amide bonds. The van der Waals surface area contributed by atoms with Crippen molar-refractivity contribution >= 4 is 0 Å². The van der Waals surface area contributed by atoms with E-state index < -0.39 is 0 Å². The van der Waals surface area contributed by atoms with E-state index in [1.165, 1.54) is 11.1 Å². The second-order valence-corrected chi connectivity index (χ2v) is 5.23. The van der Waals surface area contributed by atoms with E-state index in [9.17, 15) is 0 Å². The second kappa shape index (κ2) is 9.75. The molecule has 1 rings (SSSR count). The molecular formula is C16H28N2O2. The highest BCUT2D eigenvalue weighted by Gasteiger charge is 2.03. The number of hydrogen-bond donors (Lipinski definition) is 2. The van der Waals surface area contributed by atoms with Crippen molar-refractivity contribution in [3.63, 3.8) is 0 Å². The summed E-state index contributed by atoms with van der Waals surface area (Å²) in [5.74, 6) is 1.45. The third-order valence-corrected chi connectivity index (χ3v) is 2.98. The molecule has 0 heterocycles. The van der Waals surface area contributed by atoms with Gasteiger partial charge in [-0.1, -0.05) is 19.9 Å². The lowest BCUT2D eigenvalue weighted by molar-refractivity contribution is 0.102. The molecule has 0 unspecified atom stereocenters. The van der Waals surface area contributed by atoms with Crippen LogP contribution in [0.15, 0.2) is 18.2 Å². The van der Waals surface area contributed by atoms with Crippen LogP contribution in [-0.2, 0) is 4.74 Å². The quantitative estimate of drug-likeness (QED) is 0.644. The van der Waals surface area contributed by atoms with Gasteiger partial charge in [0.25, 0.3) is 0 Å². The summed E-state index contributed by atoms with van der Waals surface area (Å²) in [5, 5.41) is 3.18. The van der Waals surface area contributed by atoms with Crippen molar-refractivity contribution in [2.24, 2.45) is 5.73 Å². The van der Waals surface area contributed by atoms with Gasteiger partial charge < -0.3 is 20.5 Å². The van der Waals surface area contributed by atoms with Gasteiger partial charge in [0.1, 0.15) is 12.4 Å². The molecule has 1 aromatic carbocycles. The molecule has 0 aliphatic heterocycles. The van der Waals surface area contributed by atoms with E-state index in [0.717, 1.165) is 18.8 Å².